The van der Waals surface area contributed by atoms with Crippen LogP contribution >= 0.6 is 27.7 Å². The summed E-state index contributed by atoms with van der Waals surface area (Å²) >= 11 is 5.59. The summed E-state index contributed by atoms with van der Waals surface area (Å²) < 4.78 is 1.03. The van der Waals surface area contributed by atoms with Crippen molar-refractivity contribution in [2.75, 3.05) is 24.2 Å². The number of Topliss-reactive ketones (excluding diaryl/α,β-unsaturated/α-hetero) is 1. The summed E-state index contributed by atoms with van der Waals surface area (Å²) in [6, 6.07) is 5.94. The molecule has 0 aliphatic carbocycles. The molecule has 104 valence electrons. The molecular formula is C15H20BrNOS. The first kappa shape index (κ1) is 14.9. The van der Waals surface area contributed by atoms with Crippen molar-refractivity contribution in [2.45, 2.75) is 31.4 Å². The number of anilines is 1. The highest BCUT2D eigenvalue weighted by Crippen LogP contribution is 2.31. The molecule has 4 heteroatoms. The predicted octanol–water partition coefficient (Wildman–Crippen LogP) is 4.37. The van der Waals surface area contributed by atoms with Crippen LogP contribution in [0.1, 0.15) is 36.5 Å². The monoisotopic (exact) mass is 341 g/mol. The van der Waals surface area contributed by atoms with Crippen LogP contribution in [0.4, 0.5) is 5.69 Å². The van der Waals surface area contributed by atoms with Crippen molar-refractivity contribution in [2.24, 2.45) is 0 Å². The van der Waals surface area contributed by atoms with Crippen molar-refractivity contribution >= 4 is 39.2 Å². The predicted molar refractivity (Wildman–Crippen MR) is 87.5 cm³/mol. The smallest absolute Gasteiger partial charge is 0.159 e. The fourth-order valence-electron chi connectivity index (χ4n) is 2.52. The lowest BCUT2D eigenvalue weighted by Gasteiger charge is -2.24. The van der Waals surface area contributed by atoms with Gasteiger partial charge in [0.15, 0.2) is 5.78 Å². The summed E-state index contributed by atoms with van der Waals surface area (Å²) in [6.07, 6.45) is 5.99. The first-order valence-electron chi connectivity index (χ1n) is 6.70. The molecule has 2 nitrogen and oxygen atoms in total. The highest BCUT2D eigenvalue weighted by Gasteiger charge is 2.18. The molecule has 0 saturated carbocycles. The minimum Gasteiger partial charge on any atom is -0.371 e. The summed E-state index contributed by atoms with van der Waals surface area (Å²) in [4.78, 5) is 13.8. The molecule has 1 fully saturated rings. The lowest BCUT2D eigenvalue weighted by molar-refractivity contribution is 0.101. The van der Waals surface area contributed by atoms with Crippen LogP contribution in [-0.2, 0) is 0 Å². The van der Waals surface area contributed by atoms with E-state index >= 15 is 0 Å². The van der Waals surface area contributed by atoms with E-state index in [0.717, 1.165) is 28.4 Å². The number of ketones is 1. The van der Waals surface area contributed by atoms with Gasteiger partial charge in [0.25, 0.3) is 0 Å². The third-order valence-corrected chi connectivity index (χ3v) is 5.48. The number of thioether (sulfide) groups is 1. The molecule has 0 spiro atoms. The van der Waals surface area contributed by atoms with Crippen molar-refractivity contribution in [1.82, 2.24) is 0 Å². The van der Waals surface area contributed by atoms with E-state index in [0.29, 0.717) is 0 Å². The van der Waals surface area contributed by atoms with Crippen molar-refractivity contribution in [3.8, 4) is 0 Å². The van der Waals surface area contributed by atoms with Crippen molar-refractivity contribution in [3.05, 3.63) is 28.2 Å². The molecule has 1 aromatic rings. The first-order chi connectivity index (χ1) is 9.11. The van der Waals surface area contributed by atoms with E-state index in [2.05, 4.69) is 33.2 Å². The number of carbonyl (C=O) groups is 1. The van der Waals surface area contributed by atoms with Crippen LogP contribution in [0.2, 0.25) is 0 Å². The molecule has 1 atom stereocenters. The highest BCUT2D eigenvalue weighted by atomic mass is 79.9. The molecule has 1 heterocycles. The molecular weight excluding hydrogens is 322 g/mol. The Bertz CT molecular complexity index is 463. The van der Waals surface area contributed by atoms with E-state index in [4.69, 9.17) is 0 Å². The second kappa shape index (κ2) is 6.80. The number of rotatable bonds is 3. The quantitative estimate of drug-likeness (QED) is 0.761. The summed E-state index contributed by atoms with van der Waals surface area (Å²) in [6.45, 7) is 3.81. The molecule has 1 saturated heterocycles. The van der Waals surface area contributed by atoms with Gasteiger partial charge >= 0.3 is 0 Å². The second-order valence-corrected chi connectivity index (χ2v) is 6.99. The number of hydrogen-bond acceptors (Lipinski definition) is 3. The number of nitrogens with zero attached hydrogens (tertiary/aromatic N) is 1. The van der Waals surface area contributed by atoms with Gasteiger partial charge in [-0.1, -0.05) is 0 Å². The standard InChI is InChI=1S/C15H20BrNOS/c1-11(18)12-5-6-15(14(16)10-12)17-8-3-4-13(19-2)7-9-17/h5-6,10,13H,3-4,7-9H2,1-2H3. The van der Waals surface area contributed by atoms with Crippen LogP contribution < -0.4 is 4.90 Å². The fraction of sp³-hybridized carbons (Fsp3) is 0.533. The Labute approximate surface area is 128 Å². The van der Waals surface area contributed by atoms with Crippen molar-refractivity contribution in [1.29, 1.82) is 0 Å². The molecule has 1 aromatic carbocycles. The molecule has 0 radical (unpaired) electrons. The average molecular weight is 342 g/mol. The van der Waals surface area contributed by atoms with Gasteiger partial charge in [0, 0.05) is 28.4 Å². The zero-order valence-electron chi connectivity index (χ0n) is 11.5. The van der Waals surface area contributed by atoms with E-state index in [1.807, 2.05) is 23.9 Å². The first-order valence-corrected chi connectivity index (χ1v) is 8.78. The van der Waals surface area contributed by atoms with E-state index in [9.17, 15) is 4.79 Å². The lowest BCUT2D eigenvalue weighted by atomic mass is 10.1. The Morgan fingerprint density at radius 1 is 1.37 bits per heavy atom. The van der Waals surface area contributed by atoms with Gasteiger partial charge in [0.1, 0.15) is 0 Å². The SMILES string of the molecule is CSC1CCCN(c2ccc(C(C)=O)cc2Br)CC1. The topological polar surface area (TPSA) is 20.3 Å². The Hall–Kier alpha value is -0.480. The van der Waals surface area contributed by atoms with Gasteiger partial charge in [-0.25, -0.2) is 0 Å². The van der Waals surface area contributed by atoms with Gasteiger partial charge in [-0.3, -0.25) is 4.79 Å². The Morgan fingerprint density at radius 3 is 2.79 bits per heavy atom. The van der Waals surface area contributed by atoms with Crippen LogP contribution in [0.5, 0.6) is 0 Å². The van der Waals surface area contributed by atoms with Gasteiger partial charge in [0.2, 0.25) is 0 Å². The van der Waals surface area contributed by atoms with E-state index in [1.54, 1.807) is 6.92 Å². The lowest BCUT2D eigenvalue weighted by Crippen LogP contribution is -2.24. The molecule has 0 bridgehead atoms. The molecule has 0 N–H and O–H groups in total. The van der Waals surface area contributed by atoms with Crippen LogP contribution in [0.15, 0.2) is 22.7 Å². The summed E-state index contributed by atoms with van der Waals surface area (Å²) in [5, 5.41) is 0.792. The van der Waals surface area contributed by atoms with Crippen LogP contribution in [0.3, 0.4) is 0 Å². The van der Waals surface area contributed by atoms with Crippen LogP contribution in [0.25, 0.3) is 0 Å². The van der Waals surface area contributed by atoms with Crippen molar-refractivity contribution < 1.29 is 4.79 Å². The van der Waals surface area contributed by atoms with E-state index in [1.165, 1.54) is 24.9 Å². The number of hydrogen-bond donors (Lipinski definition) is 0. The number of halogens is 1. The van der Waals surface area contributed by atoms with E-state index < -0.39 is 0 Å². The maximum Gasteiger partial charge on any atom is 0.159 e. The van der Waals surface area contributed by atoms with Crippen LogP contribution in [-0.4, -0.2) is 30.4 Å². The highest BCUT2D eigenvalue weighted by molar-refractivity contribution is 9.10. The molecule has 1 aliphatic rings. The van der Waals surface area contributed by atoms with Gasteiger partial charge in [-0.15, -0.1) is 0 Å². The molecule has 2 rings (SSSR count). The maximum absolute atomic E-state index is 11.4. The molecule has 1 aliphatic heterocycles. The number of benzene rings is 1. The average Bonchev–Trinajstić information content (AvgIpc) is 2.63. The second-order valence-electron chi connectivity index (χ2n) is 5.00. The molecule has 0 amide bonds. The summed E-state index contributed by atoms with van der Waals surface area (Å²) in [5.41, 5.74) is 1.99. The minimum absolute atomic E-state index is 0.116. The normalized spacial score (nSPS) is 20.2. The Balaban J connectivity index is 2.15. The third-order valence-electron chi connectivity index (χ3n) is 3.70. The maximum atomic E-state index is 11.4. The van der Waals surface area contributed by atoms with Gasteiger partial charge in [-0.2, -0.15) is 11.8 Å². The van der Waals surface area contributed by atoms with Gasteiger partial charge in [0.05, 0.1) is 5.69 Å². The van der Waals surface area contributed by atoms with Gasteiger partial charge < -0.3 is 4.90 Å². The fourth-order valence-corrected chi connectivity index (χ4v) is 3.90. The summed E-state index contributed by atoms with van der Waals surface area (Å²) in [7, 11) is 0. The zero-order valence-corrected chi connectivity index (χ0v) is 13.9. The molecule has 19 heavy (non-hydrogen) atoms. The Kier molecular flexibility index (Phi) is 5.34. The van der Waals surface area contributed by atoms with Gasteiger partial charge in [-0.05, 0) is 66.6 Å². The largest absolute Gasteiger partial charge is 0.371 e. The zero-order chi connectivity index (χ0) is 13.8. The molecule has 1 unspecified atom stereocenters. The molecule has 0 aromatic heterocycles. The van der Waals surface area contributed by atoms with Crippen LogP contribution in [0, 0.1) is 0 Å². The minimum atomic E-state index is 0.116. The third kappa shape index (κ3) is 3.76. The number of carbonyl (C=O) groups excluding carboxylic acids is 1. The van der Waals surface area contributed by atoms with E-state index in [-0.39, 0.29) is 5.78 Å². The summed E-state index contributed by atoms with van der Waals surface area (Å²) in [5.74, 6) is 0.116. The Morgan fingerprint density at radius 2 is 2.16 bits per heavy atom. The van der Waals surface area contributed by atoms with Crippen molar-refractivity contribution in [3.63, 3.8) is 0 Å².